The van der Waals surface area contributed by atoms with Crippen molar-refractivity contribution in [1.82, 2.24) is 5.32 Å². The fourth-order valence-electron chi connectivity index (χ4n) is 1.36. The molecule has 0 aliphatic rings. The molecule has 1 aromatic carbocycles. The second kappa shape index (κ2) is 7.01. The van der Waals surface area contributed by atoms with Crippen LogP contribution >= 0.6 is 47.8 Å². The zero-order valence-electron chi connectivity index (χ0n) is 9.77. The van der Waals surface area contributed by atoms with Crippen molar-refractivity contribution in [3.8, 4) is 0 Å². The maximum atomic E-state index is 13.2. The van der Waals surface area contributed by atoms with E-state index < -0.39 is 5.82 Å². The van der Waals surface area contributed by atoms with Gasteiger partial charge in [0, 0.05) is 15.1 Å². The first-order valence-electron chi connectivity index (χ1n) is 5.37. The van der Waals surface area contributed by atoms with E-state index >= 15 is 0 Å². The van der Waals surface area contributed by atoms with Crippen molar-refractivity contribution in [2.45, 2.75) is 18.9 Å². The number of hydrogen-bond acceptors (Lipinski definition) is 1. The Bertz CT molecular complexity index is 427. The van der Waals surface area contributed by atoms with Crippen molar-refractivity contribution in [1.29, 1.82) is 0 Å². The summed E-state index contributed by atoms with van der Waals surface area (Å²) < 4.78 is 13.7. The van der Waals surface area contributed by atoms with E-state index in [4.69, 9.17) is 0 Å². The summed E-state index contributed by atoms with van der Waals surface area (Å²) in [6.07, 6.45) is 0.766. The summed E-state index contributed by atoms with van der Waals surface area (Å²) in [5.41, 5.74) is -0.0715. The Kier molecular flexibility index (Phi) is 6.27. The summed E-state index contributed by atoms with van der Waals surface area (Å²) in [5.74, 6) is -0.717. The normalized spacial score (nSPS) is 11.4. The van der Waals surface area contributed by atoms with Crippen LogP contribution < -0.4 is 5.32 Å². The van der Waals surface area contributed by atoms with Gasteiger partial charge < -0.3 is 5.32 Å². The second-order valence-corrected chi connectivity index (χ2v) is 5.96. The molecule has 0 unspecified atom stereocenters. The molecule has 0 aliphatic heterocycles. The highest BCUT2D eigenvalue weighted by Crippen LogP contribution is 2.21. The fourth-order valence-corrected chi connectivity index (χ4v) is 3.79. The minimum Gasteiger partial charge on any atom is -0.345 e. The standard InChI is InChI=1S/C12H13Br3FNO/c1-2-12(6-13,7-14)17-11(18)9-5-8(16)3-4-10(9)15/h3-5H,2,6-7H2,1H3,(H,17,18). The van der Waals surface area contributed by atoms with E-state index in [2.05, 4.69) is 53.1 Å². The molecule has 0 aromatic heterocycles. The SMILES string of the molecule is CCC(CBr)(CBr)NC(=O)c1cc(F)ccc1Br. The van der Waals surface area contributed by atoms with Crippen LogP contribution in [0.25, 0.3) is 0 Å². The molecule has 1 rings (SSSR count). The molecule has 0 spiro atoms. The largest absolute Gasteiger partial charge is 0.345 e. The zero-order valence-corrected chi connectivity index (χ0v) is 14.5. The summed E-state index contributed by atoms with van der Waals surface area (Å²) in [6, 6.07) is 4.06. The topological polar surface area (TPSA) is 29.1 Å². The number of nitrogens with one attached hydrogen (secondary N) is 1. The van der Waals surface area contributed by atoms with Crippen LogP contribution in [0, 0.1) is 5.82 Å². The van der Waals surface area contributed by atoms with Gasteiger partial charge in [-0.3, -0.25) is 4.79 Å². The number of carbonyl (C=O) groups is 1. The van der Waals surface area contributed by atoms with Gasteiger partial charge in [-0.25, -0.2) is 4.39 Å². The number of halogens is 4. The van der Waals surface area contributed by atoms with E-state index in [0.29, 0.717) is 20.7 Å². The lowest BCUT2D eigenvalue weighted by Gasteiger charge is -2.30. The van der Waals surface area contributed by atoms with Crippen LogP contribution in [0.4, 0.5) is 4.39 Å². The van der Waals surface area contributed by atoms with Gasteiger partial charge in [0.05, 0.1) is 11.1 Å². The molecule has 1 aromatic rings. The molecule has 18 heavy (non-hydrogen) atoms. The number of hydrogen-bond donors (Lipinski definition) is 1. The minimum absolute atomic E-state index is 0.290. The Morgan fingerprint density at radius 3 is 2.50 bits per heavy atom. The van der Waals surface area contributed by atoms with Crippen molar-refractivity contribution in [3.63, 3.8) is 0 Å². The molecule has 1 N–H and O–H groups in total. The Morgan fingerprint density at radius 2 is 2.00 bits per heavy atom. The highest BCUT2D eigenvalue weighted by molar-refractivity contribution is 9.10. The van der Waals surface area contributed by atoms with Crippen LogP contribution in [0.5, 0.6) is 0 Å². The minimum atomic E-state index is -0.428. The first-order valence-corrected chi connectivity index (χ1v) is 8.41. The van der Waals surface area contributed by atoms with Gasteiger partial charge in [0.2, 0.25) is 0 Å². The maximum Gasteiger partial charge on any atom is 0.253 e. The van der Waals surface area contributed by atoms with Crippen molar-refractivity contribution in [2.24, 2.45) is 0 Å². The number of benzene rings is 1. The third-order valence-electron chi connectivity index (χ3n) is 2.74. The molecule has 0 atom stereocenters. The fraction of sp³-hybridized carbons (Fsp3) is 0.417. The number of amides is 1. The van der Waals surface area contributed by atoms with Gasteiger partial charge in [-0.05, 0) is 40.5 Å². The summed E-state index contributed by atoms with van der Waals surface area (Å²) in [4.78, 5) is 12.2. The molecular formula is C12H13Br3FNO. The van der Waals surface area contributed by atoms with Gasteiger partial charge in [-0.15, -0.1) is 0 Å². The third kappa shape index (κ3) is 3.78. The first-order chi connectivity index (χ1) is 8.48. The van der Waals surface area contributed by atoms with Crippen LogP contribution in [0.15, 0.2) is 22.7 Å². The van der Waals surface area contributed by atoms with Crippen molar-refractivity contribution in [2.75, 3.05) is 10.7 Å². The lowest BCUT2D eigenvalue weighted by molar-refractivity contribution is 0.0914. The van der Waals surface area contributed by atoms with E-state index in [1.165, 1.54) is 18.2 Å². The highest BCUT2D eigenvalue weighted by atomic mass is 79.9. The molecular weight excluding hydrogens is 433 g/mol. The van der Waals surface area contributed by atoms with Crippen molar-refractivity contribution < 1.29 is 9.18 Å². The Labute approximate surface area is 131 Å². The Hall–Kier alpha value is 0.0600. The van der Waals surface area contributed by atoms with Gasteiger partial charge in [-0.2, -0.15) is 0 Å². The predicted octanol–water partition coefficient (Wildman–Crippen LogP) is 4.26. The smallest absolute Gasteiger partial charge is 0.253 e. The molecule has 0 fully saturated rings. The van der Waals surface area contributed by atoms with E-state index in [9.17, 15) is 9.18 Å². The van der Waals surface area contributed by atoms with Gasteiger partial charge in [0.15, 0.2) is 0 Å². The van der Waals surface area contributed by atoms with Crippen LogP contribution in [0.2, 0.25) is 0 Å². The summed E-state index contributed by atoms with van der Waals surface area (Å²) >= 11 is 10.0. The molecule has 0 saturated carbocycles. The van der Waals surface area contributed by atoms with Gasteiger partial charge in [0.1, 0.15) is 5.82 Å². The summed E-state index contributed by atoms with van der Waals surface area (Å²) in [7, 11) is 0. The lowest BCUT2D eigenvalue weighted by Crippen LogP contribution is -2.51. The predicted molar refractivity (Wildman–Crippen MR) is 82.2 cm³/mol. The lowest BCUT2D eigenvalue weighted by atomic mass is 10.0. The molecule has 0 saturated heterocycles. The average Bonchev–Trinajstić information content (AvgIpc) is 2.38. The molecule has 0 heterocycles. The van der Waals surface area contributed by atoms with Gasteiger partial charge in [-0.1, -0.05) is 38.8 Å². The Morgan fingerprint density at radius 1 is 1.39 bits per heavy atom. The molecule has 6 heteroatoms. The molecule has 0 radical (unpaired) electrons. The second-order valence-electron chi connectivity index (χ2n) is 3.98. The first kappa shape index (κ1) is 16.1. The number of rotatable bonds is 5. The summed E-state index contributed by atoms with van der Waals surface area (Å²) in [5, 5.41) is 4.19. The van der Waals surface area contributed by atoms with E-state index in [1.807, 2.05) is 6.92 Å². The molecule has 0 aliphatic carbocycles. The van der Waals surface area contributed by atoms with Crippen LogP contribution in [0.3, 0.4) is 0 Å². The molecule has 2 nitrogen and oxygen atoms in total. The number of alkyl halides is 2. The van der Waals surface area contributed by atoms with Crippen LogP contribution in [-0.2, 0) is 0 Å². The van der Waals surface area contributed by atoms with Crippen molar-refractivity contribution in [3.05, 3.63) is 34.1 Å². The monoisotopic (exact) mass is 443 g/mol. The van der Waals surface area contributed by atoms with Crippen LogP contribution in [-0.4, -0.2) is 22.1 Å². The van der Waals surface area contributed by atoms with Gasteiger partial charge >= 0.3 is 0 Å². The average molecular weight is 446 g/mol. The van der Waals surface area contributed by atoms with E-state index in [1.54, 1.807) is 0 Å². The zero-order chi connectivity index (χ0) is 13.8. The molecule has 1 amide bonds. The third-order valence-corrected chi connectivity index (χ3v) is 5.58. The van der Waals surface area contributed by atoms with Crippen molar-refractivity contribution >= 4 is 53.7 Å². The summed E-state index contributed by atoms with van der Waals surface area (Å²) in [6.45, 7) is 1.99. The highest BCUT2D eigenvalue weighted by Gasteiger charge is 2.28. The molecule has 100 valence electrons. The van der Waals surface area contributed by atoms with E-state index in [0.717, 1.165) is 6.42 Å². The number of carbonyl (C=O) groups excluding carboxylic acids is 1. The van der Waals surface area contributed by atoms with Gasteiger partial charge in [0.25, 0.3) is 5.91 Å². The van der Waals surface area contributed by atoms with E-state index in [-0.39, 0.29) is 11.4 Å². The van der Waals surface area contributed by atoms with Crippen LogP contribution in [0.1, 0.15) is 23.7 Å². The maximum absolute atomic E-state index is 13.2. The quantitative estimate of drug-likeness (QED) is 0.674. The Balaban J connectivity index is 2.97. The molecule has 0 bridgehead atoms.